The van der Waals surface area contributed by atoms with Gasteiger partial charge in [0.1, 0.15) is 6.17 Å². The van der Waals surface area contributed by atoms with Gasteiger partial charge >= 0.3 is 0 Å². The normalized spacial score (nSPS) is 23.1. The molecular weight excluding hydrogens is 301 g/mol. The first kappa shape index (κ1) is 15.7. The van der Waals surface area contributed by atoms with Gasteiger partial charge in [-0.3, -0.25) is 9.88 Å². The Morgan fingerprint density at radius 3 is 3.05 bits per heavy atom. The van der Waals surface area contributed by atoms with Crippen LogP contribution in [-0.4, -0.2) is 41.7 Å². The van der Waals surface area contributed by atoms with Crippen molar-refractivity contribution < 1.29 is 4.39 Å². The fourth-order valence-corrected chi connectivity index (χ4v) is 3.29. The van der Waals surface area contributed by atoms with E-state index in [4.69, 9.17) is 17.3 Å². The molecule has 0 bridgehead atoms. The van der Waals surface area contributed by atoms with Gasteiger partial charge in [-0.05, 0) is 44.0 Å². The van der Waals surface area contributed by atoms with Crippen LogP contribution in [0, 0.1) is 6.92 Å². The van der Waals surface area contributed by atoms with Crippen molar-refractivity contribution in [2.24, 2.45) is 5.73 Å². The Morgan fingerprint density at radius 2 is 2.27 bits per heavy atom. The number of aryl methyl sites for hydroxylation is 1. The number of piperidine rings is 1. The van der Waals surface area contributed by atoms with E-state index < -0.39 is 6.17 Å². The Hall–Kier alpha value is -1.23. The summed E-state index contributed by atoms with van der Waals surface area (Å²) in [4.78, 5) is 6.51. The van der Waals surface area contributed by atoms with Crippen LogP contribution in [-0.2, 0) is 6.42 Å². The van der Waals surface area contributed by atoms with Crippen molar-refractivity contribution >= 4 is 22.5 Å². The monoisotopic (exact) mass is 321 g/mol. The highest BCUT2D eigenvalue weighted by atomic mass is 35.5. The molecule has 2 N–H and O–H groups in total. The van der Waals surface area contributed by atoms with E-state index in [0.717, 1.165) is 36.0 Å². The molecule has 2 aromatic rings. The molecule has 1 aromatic carbocycles. The van der Waals surface area contributed by atoms with E-state index in [1.165, 1.54) is 5.56 Å². The van der Waals surface area contributed by atoms with Crippen LogP contribution < -0.4 is 5.73 Å². The molecule has 0 spiro atoms. The lowest BCUT2D eigenvalue weighted by molar-refractivity contribution is 0.121. The summed E-state index contributed by atoms with van der Waals surface area (Å²) < 4.78 is 13.7. The predicted octanol–water partition coefficient (Wildman–Crippen LogP) is 3.11. The topological polar surface area (TPSA) is 42.2 Å². The van der Waals surface area contributed by atoms with Crippen molar-refractivity contribution in [2.75, 3.05) is 19.6 Å². The molecule has 0 aliphatic carbocycles. The first-order chi connectivity index (χ1) is 10.5. The molecule has 0 amide bonds. The van der Waals surface area contributed by atoms with Crippen LogP contribution in [0.2, 0.25) is 5.02 Å². The van der Waals surface area contributed by atoms with Gasteiger partial charge in [0.15, 0.2) is 0 Å². The smallest absolute Gasteiger partial charge is 0.128 e. The predicted molar refractivity (Wildman–Crippen MR) is 89.1 cm³/mol. The largest absolute Gasteiger partial charge is 0.325 e. The van der Waals surface area contributed by atoms with Gasteiger partial charge in [0, 0.05) is 30.7 Å². The second-order valence-electron chi connectivity index (χ2n) is 6.12. The summed E-state index contributed by atoms with van der Waals surface area (Å²) in [6.07, 6.45) is 2.29. The third-order valence-electron chi connectivity index (χ3n) is 4.44. The number of rotatable bonds is 3. The number of hydrogen-bond donors (Lipinski definition) is 1. The summed E-state index contributed by atoms with van der Waals surface area (Å²) in [7, 11) is 0. The Labute approximate surface area is 135 Å². The molecule has 3 nitrogen and oxygen atoms in total. The molecule has 1 aliphatic heterocycles. The zero-order chi connectivity index (χ0) is 15.7. The maximum absolute atomic E-state index is 13.7. The van der Waals surface area contributed by atoms with E-state index in [0.29, 0.717) is 18.0 Å². The summed E-state index contributed by atoms with van der Waals surface area (Å²) in [5.41, 5.74) is 8.97. The maximum atomic E-state index is 13.7. The van der Waals surface area contributed by atoms with Crippen LogP contribution >= 0.6 is 11.6 Å². The van der Waals surface area contributed by atoms with E-state index in [-0.39, 0.29) is 6.04 Å². The van der Waals surface area contributed by atoms with E-state index in [1.54, 1.807) is 6.20 Å². The molecule has 1 aromatic heterocycles. The molecule has 22 heavy (non-hydrogen) atoms. The van der Waals surface area contributed by atoms with Crippen LogP contribution in [0.15, 0.2) is 24.4 Å². The van der Waals surface area contributed by atoms with Crippen LogP contribution in [0.25, 0.3) is 10.9 Å². The van der Waals surface area contributed by atoms with E-state index in [1.807, 2.05) is 12.1 Å². The fourth-order valence-electron chi connectivity index (χ4n) is 3.05. The van der Waals surface area contributed by atoms with Crippen molar-refractivity contribution in [3.63, 3.8) is 0 Å². The second kappa shape index (κ2) is 6.49. The minimum absolute atomic E-state index is 0.316. The quantitative estimate of drug-likeness (QED) is 0.944. The van der Waals surface area contributed by atoms with Crippen molar-refractivity contribution in [2.45, 2.75) is 32.0 Å². The van der Waals surface area contributed by atoms with Gasteiger partial charge in [-0.25, -0.2) is 4.39 Å². The lowest BCUT2D eigenvalue weighted by Gasteiger charge is -2.32. The number of nitrogens with zero attached hydrogens (tertiary/aromatic N) is 2. The third kappa shape index (κ3) is 3.24. The van der Waals surface area contributed by atoms with Crippen molar-refractivity contribution in [3.05, 3.63) is 40.5 Å². The maximum Gasteiger partial charge on any atom is 0.128 e. The van der Waals surface area contributed by atoms with Gasteiger partial charge in [0.2, 0.25) is 0 Å². The van der Waals surface area contributed by atoms with Gasteiger partial charge in [-0.2, -0.15) is 0 Å². The fraction of sp³-hybridized carbons (Fsp3) is 0.471. The highest BCUT2D eigenvalue weighted by Gasteiger charge is 2.26. The Bertz CT molecular complexity index is 671. The van der Waals surface area contributed by atoms with E-state index >= 15 is 0 Å². The number of hydrogen-bond acceptors (Lipinski definition) is 3. The molecule has 118 valence electrons. The summed E-state index contributed by atoms with van der Waals surface area (Å²) in [5.74, 6) is 0. The highest BCUT2D eigenvalue weighted by Crippen LogP contribution is 2.26. The summed E-state index contributed by atoms with van der Waals surface area (Å²) in [6, 6.07) is 5.87. The first-order valence-electron chi connectivity index (χ1n) is 7.70. The average Bonchev–Trinajstić information content (AvgIpc) is 2.49. The lowest BCUT2D eigenvalue weighted by Crippen LogP contribution is -2.48. The molecule has 2 heterocycles. The minimum atomic E-state index is -0.930. The molecular formula is C17H21ClFN3. The minimum Gasteiger partial charge on any atom is -0.325 e. The highest BCUT2D eigenvalue weighted by molar-refractivity contribution is 6.32. The van der Waals surface area contributed by atoms with Crippen LogP contribution in [0.4, 0.5) is 4.39 Å². The molecule has 1 saturated heterocycles. The van der Waals surface area contributed by atoms with Gasteiger partial charge < -0.3 is 5.73 Å². The van der Waals surface area contributed by atoms with Crippen LogP contribution in [0.3, 0.4) is 0 Å². The van der Waals surface area contributed by atoms with Crippen LogP contribution in [0.1, 0.15) is 17.5 Å². The Morgan fingerprint density at radius 1 is 1.45 bits per heavy atom. The first-order valence-corrected chi connectivity index (χ1v) is 8.08. The molecule has 0 unspecified atom stereocenters. The molecule has 1 aliphatic rings. The van der Waals surface area contributed by atoms with E-state index in [2.05, 4.69) is 22.9 Å². The zero-order valence-electron chi connectivity index (χ0n) is 12.7. The van der Waals surface area contributed by atoms with Gasteiger partial charge in [0.05, 0.1) is 10.5 Å². The van der Waals surface area contributed by atoms with Crippen molar-refractivity contribution in [3.8, 4) is 0 Å². The third-order valence-corrected chi connectivity index (χ3v) is 4.76. The average molecular weight is 322 g/mol. The van der Waals surface area contributed by atoms with Gasteiger partial charge in [-0.15, -0.1) is 0 Å². The SMILES string of the molecule is Cc1ccc2ncc(Cl)c(CCN3CC[C@@H](N)[C@@H](F)C3)c2c1. The van der Waals surface area contributed by atoms with Crippen LogP contribution in [0.5, 0.6) is 0 Å². The second-order valence-corrected chi connectivity index (χ2v) is 6.53. The molecule has 5 heteroatoms. The van der Waals surface area contributed by atoms with Gasteiger partial charge in [0.25, 0.3) is 0 Å². The number of likely N-dealkylation sites (tertiary alicyclic amines) is 1. The number of alkyl halides is 1. The number of aromatic nitrogens is 1. The number of nitrogens with two attached hydrogens (primary N) is 1. The van der Waals surface area contributed by atoms with Crippen molar-refractivity contribution in [1.29, 1.82) is 0 Å². The Balaban J connectivity index is 1.79. The zero-order valence-corrected chi connectivity index (χ0v) is 13.5. The number of halogens is 2. The number of benzene rings is 1. The molecule has 3 rings (SSSR count). The van der Waals surface area contributed by atoms with Gasteiger partial charge in [-0.1, -0.05) is 23.2 Å². The molecule has 0 radical (unpaired) electrons. The number of pyridine rings is 1. The molecule has 1 fully saturated rings. The summed E-state index contributed by atoms with van der Waals surface area (Å²) in [5, 5.41) is 1.78. The standard InChI is InChI=1S/C17H21ClFN3/c1-11-2-3-17-13(8-11)12(14(18)9-21-17)4-6-22-7-5-16(20)15(19)10-22/h2-3,8-9,15-16H,4-7,10,20H2,1H3/t15-,16+/m0/s1. The Kier molecular flexibility index (Phi) is 4.62. The van der Waals surface area contributed by atoms with E-state index in [9.17, 15) is 4.39 Å². The number of fused-ring (bicyclic) bond motifs is 1. The summed E-state index contributed by atoms with van der Waals surface area (Å²) in [6.45, 7) is 4.12. The van der Waals surface area contributed by atoms with Crippen molar-refractivity contribution in [1.82, 2.24) is 9.88 Å². The lowest BCUT2D eigenvalue weighted by atomic mass is 10.0. The molecule has 0 saturated carbocycles. The summed E-state index contributed by atoms with van der Waals surface area (Å²) >= 11 is 6.35. The molecule has 2 atom stereocenters.